The highest BCUT2D eigenvalue weighted by atomic mass is 16.5. The van der Waals surface area contributed by atoms with Crippen molar-refractivity contribution in [3.8, 4) is 0 Å². The van der Waals surface area contributed by atoms with Gasteiger partial charge in [-0.15, -0.1) is 0 Å². The van der Waals surface area contributed by atoms with Gasteiger partial charge in [0.1, 0.15) is 6.10 Å². The van der Waals surface area contributed by atoms with Crippen LogP contribution in [0.2, 0.25) is 0 Å². The number of nitrogen functional groups attached to an aromatic ring is 1. The molecule has 0 spiro atoms. The van der Waals surface area contributed by atoms with Crippen LogP contribution in [0.15, 0.2) is 24.3 Å². The predicted molar refractivity (Wildman–Crippen MR) is 72.1 cm³/mol. The summed E-state index contributed by atoms with van der Waals surface area (Å²) in [6.45, 7) is 2.22. The Morgan fingerprint density at radius 3 is 2.72 bits per heavy atom. The molecule has 18 heavy (non-hydrogen) atoms. The van der Waals surface area contributed by atoms with Crippen molar-refractivity contribution in [2.45, 2.75) is 45.1 Å². The summed E-state index contributed by atoms with van der Waals surface area (Å²) in [5, 5.41) is 0. The lowest BCUT2D eigenvalue weighted by molar-refractivity contribution is -0.150. The summed E-state index contributed by atoms with van der Waals surface area (Å²) < 4.78 is 5.53. The minimum Gasteiger partial charge on any atom is -0.462 e. The molecule has 1 aromatic rings. The fourth-order valence-corrected chi connectivity index (χ4v) is 2.52. The van der Waals surface area contributed by atoms with Gasteiger partial charge < -0.3 is 10.5 Å². The fourth-order valence-electron chi connectivity index (χ4n) is 2.52. The van der Waals surface area contributed by atoms with E-state index in [4.69, 9.17) is 10.5 Å². The molecule has 98 valence electrons. The van der Waals surface area contributed by atoms with E-state index < -0.39 is 0 Å². The van der Waals surface area contributed by atoms with E-state index >= 15 is 0 Å². The van der Waals surface area contributed by atoms with Crippen LogP contribution in [0.1, 0.15) is 38.2 Å². The van der Waals surface area contributed by atoms with Crippen molar-refractivity contribution in [2.75, 3.05) is 5.73 Å². The van der Waals surface area contributed by atoms with Crippen molar-refractivity contribution in [3.63, 3.8) is 0 Å². The number of carbonyl (C=O) groups is 1. The van der Waals surface area contributed by atoms with Gasteiger partial charge in [0.15, 0.2) is 0 Å². The molecule has 1 aliphatic carbocycles. The summed E-state index contributed by atoms with van der Waals surface area (Å²) in [6.07, 6.45) is 4.90. The lowest BCUT2D eigenvalue weighted by atomic mass is 9.89. The van der Waals surface area contributed by atoms with E-state index in [-0.39, 0.29) is 12.1 Å². The molecule has 0 saturated heterocycles. The van der Waals surface area contributed by atoms with Crippen molar-refractivity contribution in [3.05, 3.63) is 29.8 Å². The number of hydrogen-bond donors (Lipinski definition) is 1. The van der Waals surface area contributed by atoms with Crippen LogP contribution in [-0.2, 0) is 16.0 Å². The first kappa shape index (κ1) is 12.9. The molecule has 2 N–H and O–H groups in total. The summed E-state index contributed by atoms with van der Waals surface area (Å²) in [7, 11) is 0. The van der Waals surface area contributed by atoms with Crippen molar-refractivity contribution in [1.82, 2.24) is 0 Å². The molecule has 3 heteroatoms. The zero-order valence-corrected chi connectivity index (χ0v) is 10.9. The molecule has 2 rings (SSSR count). The maximum Gasteiger partial charge on any atom is 0.310 e. The Balaban J connectivity index is 1.83. The van der Waals surface area contributed by atoms with Crippen molar-refractivity contribution in [2.24, 2.45) is 5.92 Å². The average Bonchev–Trinajstić information content (AvgIpc) is 2.32. The highest BCUT2D eigenvalue weighted by Gasteiger charge is 2.22. The minimum absolute atomic E-state index is 0.120. The van der Waals surface area contributed by atoms with Gasteiger partial charge in [-0.25, -0.2) is 0 Å². The van der Waals surface area contributed by atoms with Crippen LogP contribution in [0.5, 0.6) is 0 Å². The normalized spacial score (nSPS) is 23.6. The molecule has 0 aromatic heterocycles. The first-order chi connectivity index (χ1) is 8.63. The second-order valence-corrected chi connectivity index (χ2v) is 5.30. The van der Waals surface area contributed by atoms with Gasteiger partial charge in [-0.05, 0) is 42.9 Å². The van der Waals surface area contributed by atoms with Gasteiger partial charge >= 0.3 is 5.97 Å². The number of esters is 1. The number of benzene rings is 1. The molecule has 3 nitrogen and oxygen atoms in total. The Morgan fingerprint density at radius 2 is 2.06 bits per heavy atom. The SMILES string of the molecule is CC1CCCC(OC(=O)Cc2ccc(N)cc2)C1. The molecule has 0 radical (unpaired) electrons. The van der Waals surface area contributed by atoms with Crippen LogP contribution >= 0.6 is 0 Å². The highest BCUT2D eigenvalue weighted by molar-refractivity contribution is 5.72. The molecule has 2 unspecified atom stereocenters. The van der Waals surface area contributed by atoms with Crippen LogP contribution in [0.25, 0.3) is 0 Å². The van der Waals surface area contributed by atoms with Crippen LogP contribution in [0.4, 0.5) is 5.69 Å². The summed E-state index contributed by atoms with van der Waals surface area (Å²) in [5.41, 5.74) is 7.28. The zero-order chi connectivity index (χ0) is 13.0. The average molecular weight is 247 g/mol. The Morgan fingerprint density at radius 1 is 1.33 bits per heavy atom. The Hall–Kier alpha value is -1.51. The van der Waals surface area contributed by atoms with Crippen LogP contribution in [-0.4, -0.2) is 12.1 Å². The standard InChI is InChI=1S/C15H21NO2/c1-11-3-2-4-14(9-11)18-15(17)10-12-5-7-13(16)8-6-12/h5-8,11,14H,2-4,9-10,16H2,1H3. The van der Waals surface area contributed by atoms with E-state index in [0.29, 0.717) is 18.0 Å². The Kier molecular flexibility index (Phi) is 4.24. The summed E-state index contributed by atoms with van der Waals surface area (Å²) in [6, 6.07) is 7.37. The maximum absolute atomic E-state index is 11.8. The van der Waals surface area contributed by atoms with E-state index in [1.165, 1.54) is 12.8 Å². The monoisotopic (exact) mass is 247 g/mol. The molecule has 1 fully saturated rings. The van der Waals surface area contributed by atoms with Gasteiger partial charge in [-0.1, -0.05) is 25.5 Å². The quantitative estimate of drug-likeness (QED) is 0.660. The molecule has 1 aliphatic rings. The number of rotatable bonds is 3. The van der Waals surface area contributed by atoms with Gasteiger partial charge in [0.25, 0.3) is 0 Å². The second-order valence-electron chi connectivity index (χ2n) is 5.30. The highest BCUT2D eigenvalue weighted by Crippen LogP contribution is 2.26. The maximum atomic E-state index is 11.8. The predicted octanol–water partition coefficient (Wildman–Crippen LogP) is 2.93. The van der Waals surface area contributed by atoms with Gasteiger partial charge in [0.2, 0.25) is 0 Å². The third kappa shape index (κ3) is 3.76. The lowest BCUT2D eigenvalue weighted by Gasteiger charge is -2.26. The first-order valence-electron chi connectivity index (χ1n) is 6.67. The van der Waals surface area contributed by atoms with E-state index in [1.54, 1.807) is 0 Å². The lowest BCUT2D eigenvalue weighted by Crippen LogP contribution is -2.25. The number of anilines is 1. The van der Waals surface area contributed by atoms with Crippen LogP contribution in [0, 0.1) is 5.92 Å². The van der Waals surface area contributed by atoms with E-state index in [1.807, 2.05) is 24.3 Å². The van der Waals surface area contributed by atoms with Crippen molar-refractivity contribution in [1.29, 1.82) is 0 Å². The first-order valence-corrected chi connectivity index (χ1v) is 6.67. The summed E-state index contributed by atoms with van der Waals surface area (Å²) >= 11 is 0. The Labute approximate surface area is 108 Å². The third-order valence-electron chi connectivity index (χ3n) is 3.51. The molecule has 1 saturated carbocycles. The van der Waals surface area contributed by atoms with Gasteiger partial charge in [-0.2, -0.15) is 0 Å². The fraction of sp³-hybridized carbons (Fsp3) is 0.533. The van der Waals surface area contributed by atoms with Gasteiger partial charge in [0.05, 0.1) is 6.42 Å². The van der Waals surface area contributed by atoms with E-state index in [2.05, 4.69) is 6.92 Å². The molecule has 0 aliphatic heterocycles. The molecular weight excluding hydrogens is 226 g/mol. The second kappa shape index (κ2) is 5.89. The topological polar surface area (TPSA) is 52.3 Å². The number of ether oxygens (including phenoxy) is 1. The van der Waals surface area contributed by atoms with Crippen molar-refractivity contribution < 1.29 is 9.53 Å². The number of nitrogens with two attached hydrogens (primary N) is 1. The third-order valence-corrected chi connectivity index (χ3v) is 3.51. The number of hydrogen-bond acceptors (Lipinski definition) is 3. The van der Waals surface area contributed by atoms with Gasteiger partial charge in [-0.3, -0.25) is 4.79 Å². The number of carbonyl (C=O) groups excluding carboxylic acids is 1. The van der Waals surface area contributed by atoms with Crippen molar-refractivity contribution >= 4 is 11.7 Å². The molecule has 0 amide bonds. The summed E-state index contributed by atoms with van der Waals surface area (Å²) in [5.74, 6) is 0.548. The van der Waals surface area contributed by atoms with E-state index in [0.717, 1.165) is 18.4 Å². The molecular formula is C15H21NO2. The molecule has 0 bridgehead atoms. The van der Waals surface area contributed by atoms with Gasteiger partial charge in [0, 0.05) is 5.69 Å². The largest absolute Gasteiger partial charge is 0.462 e. The van der Waals surface area contributed by atoms with E-state index in [9.17, 15) is 4.79 Å². The molecule has 0 heterocycles. The van der Waals surface area contributed by atoms with Crippen LogP contribution < -0.4 is 5.73 Å². The molecule has 2 atom stereocenters. The Bertz CT molecular complexity index is 399. The van der Waals surface area contributed by atoms with Crippen LogP contribution in [0.3, 0.4) is 0 Å². The zero-order valence-electron chi connectivity index (χ0n) is 10.9. The summed E-state index contributed by atoms with van der Waals surface area (Å²) in [4.78, 5) is 11.8. The minimum atomic E-state index is -0.126. The molecule has 1 aromatic carbocycles. The smallest absolute Gasteiger partial charge is 0.310 e.